The fourth-order valence-corrected chi connectivity index (χ4v) is 1.78. The highest BCUT2D eigenvalue weighted by atomic mass is 16.5. The molecule has 0 rings (SSSR count). The van der Waals surface area contributed by atoms with E-state index >= 15 is 0 Å². The van der Waals surface area contributed by atoms with E-state index in [-0.39, 0.29) is 0 Å². The molecule has 0 spiro atoms. The van der Waals surface area contributed by atoms with Gasteiger partial charge in [-0.1, -0.05) is 51.9 Å². The van der Waals surface area contributed by atoms with Gasteiger partial charge < -0.3 is 9.47 Å². The Kier molecular flexibility index (Phi) is 13.2. The van der Waals surface area contributed by atoms with Crippen LogP contribution in [0.1, 0.15) is 65.2 Å². The summed E-state index contributed by atoms with van der Waals surface area (Å²) in [5.74, 6) is -1.00. The van der Waals surface area contributed by atoms with Crippen molar-refractivity contribution >= 4 is 11.9 Å². The summed E-state index contributed by atoms with van der Waals surface area (Å²) in [6, 6.07) is 0. The first kappa shape index (κ1) is 18.7. The Labute approximate surface area is 122 Å². The van der Waals surface area contributed by atoms with Crippen LogP contribution in [0.25, 0.3) is 0 Å². The summed E-state index contributed by atoms with van der Waals surface area (Å²) in [5, 5.41) is 0. The molecule has 0 unspecified atom stereocenters. The molecule has 0 saturated carbocycles. The third-order valence-electron chi connectivity index (χ3n) is 2.88. The standard InChI is InChI=1S/C16H28O4/c1-3-5-6-7-8-9-10-11-14-20-16(18)13-12-15(17)19-4-2/h12-13H,3-11,14H2,1-2H3/b13-12-. The summed E-state index contributed by atoms with van der Waals surface area (Å²) >= 11 is 0. The highest BCUT2D eigenvalue weighted by Gasteiger charge is 2.00. The van der Waals surface area contributed by atoms with E-state index in [4.69, 9.17) is 4.74 Å². The summed E-state index contributed by atoms with van der Waals surface area (Å²) in [6.07, 6.45) is 11.9. The molecule has 0 aliphatic rings. The summed E-state index contributed by atoms with van der Waals surface area (Å²) in [7, 11) is 0. The van der Waals surface area contributed by atoms with Crippen LogP contribution < -0.4 is 0 Å². The zero-order valence-electron chi connectivity index (χ0n) is 12.9. The predicted molar refractivity (Wildman–Crippen MR) is 79.3 cm³/mol. The summed E-state index contributed by atoms with van der Waals surface area (Å²) < 4.78 is 9.64. The van der Waals surface area contributed by atoms with Gasteiger partial charge in [-0.05, 0) is 13.3 Å². The van der Waals surface area contributed by atoms with Gasteiger partial charge in [0.05, 0.1) is 13.2 Å². The van der Waals surface area contributed by atoms with E-state index in [0.29, 0.717) is 13.2 Å². The Balaban J connectivity index is 3.37. The van der Waals surface area contributed by atoms with Gasteiger partial charge in [-0.25, -0.2) is 9.59 Å². The minimum Gasteiger partial charge on any atom is -0.463 e. The van der Waals surface area contributed by atoms with Gasteiger partial charge in [0.25, 0.3) is 0 Å². The lowest BCUT2D eigenvalue weighted by atomic mass is 10.1. The molecule has 116 valence electrons. The monoisotopic (exact) mass is 284 g/mol. The van der Waals surface area contributed by atoms with Gasteiger partial charge >= 0.3 is 11.9 Å². The highest BCUT2D eigenvalue weighted by molar-refractivity contribution is 5.91. The van der Waals surface area contributed by atoms with Crippen molar-refractivity contribution < 1.29 is 19.1 Å². The normalized spacial score (nSPS) is 10.7. The molecule has 0 aliphatic carbocycles. The predicted octanol–water partition coefficient (Wildman–Crippen LogP) is 3.79. The molecule has 0 N–H and O–H groups in total. The van der Waals surface area contributed by atoms with Crippen LogP contribution in [0, 0.1) is 0 Å². The van der Waals surface area contributed by atoms with Crippen LogP contribution in [0.4, 0.5) is 0 Å². The van der Waals surface area contributed by atoms with Crippen molar-refractivity contribution in [2.45, 2.75) is 65.2 Å². The largest absolute Gasteiger partial charge is 0.463 e. The number of unbranched alkanes of at least 4 members (excludes halogenated alkanes) is 7. The van der Waals surface area contributed by atoms with Crippen LogP contribution in [0.3, 0.4) is 0 Å². The maximum Gasteiger partial charge on any atom is 0.331 e. The summed E-state index contributed by atoms with van der Waals surface area (Å²) in [5.41, 5.74) is 0. The fourth-order valence-electron chi connectivity index (χ4n) is 1.78. The molecule has 0 bridgehead atoms. The lowest BCUT2D eigenvalue weighted by molar-refractivity contribution is -0.140. The molecule has 0 saturated heterocycles. The molecular weight excluding hydrogens is 256 g/mol. The second-order valence-electron chi connectivity index (χ2n) is 4.73. The smallest absolute Gasteiger partial charge is 0.331 e. The van der Waals surface area contributed by atoms with Crippen LogP contribution in [-0.4, -0.2) is 25.2 Å². The van der Waals surface area contributed by atoms with Crippen LogP contribution in [0.15, 0.2) is 12.2 Å². The zero-order valence-corrected chi connectivity index (χ0v) is 12.9. The minimum atomic E-state index is -0.517. The fraction of sp³-hybridized carbons (Fsp3) is 0.750. The Morgan fingerprint density at radius 2 is 1.25 bits per heavy atom. The third kappa shape index (κ3) is 13.1. The van der Waals surface area contributed by atoms with Gasteiger partial charge in [-0.3, -0.25) is 0 Å². The van der Waals surface area contributed by atoms with Crippen molar-refractivity contribution in [2.24, 2.45) is 0 Å². The molecule has 4 heteroatoms. The summed E-state index contributed by atoms with van der Waals surface area (Å²) in [4.78, 5) is 22.2. The number of hydrogen-bond acceptors (Lipinski definition) is 4. The van der Waals surface area contributed by atoms with Gasteiger partial charge in [-0.2, -0.15) is 0 Å². The maximum atomic E-state index is 11.2. The molecule has 0 atom stereocenters. The van der Waals surface area contributed by atoms with E-state index in [2.05, 4.69) is 11.7 Å². The number of carbonyl (C=O) groups is 2. The summed E-state index contributed by atoms with van der Waals surface area (Å²) in [6.45, 7) is 4.65. The lowest BCUT2D eigenvalue weighted by Crippen LogP contribution is -2.05. The van der Waals surface area contributed by atoms with Crippen molar-refractivity contribution in [3.05, 3.63) is 12.2 Å². The van der Waals surface area contributed by atoms with Gasteiger partial charge in [0.2, 0.25) is 0 Å². The molecule has 0 amide bonds. The van der Waals surface area contributed by atoms with Crippen LogP contribution in [0.2, 0.25) is 0 Å². The Morgan fingerprint density at radius 1 is 0.750 bits per heavy atom. The maximum absolute atomic E-state index is 11.2. The van der Waals surface area contributed by atoms with Crippen molar-refractivity contribution in [1.29, 1.82) is 0 Å². The minimum absolute atomic E-state index is 0.302. The van der Waals surface area contributed by atoms with Gasteiger partial charge in [0.15, 0.2) is 0 Å². The van der Waals surface area contributed by atoms with Gasteiger partial charge in [0, 0.05) is 12.2 Å². The third-order valence-corrected chi connectivity index (χ3v) is 2.88. The SMILES string of the molecule is CCCCCCCCCCOC(=O)/C=C\C(=O)OCC. The Hall–Kier alpha value is -1.32. The van der Waals surface area contributed by atoms with Crippen molar-refractivity contribution in [1.82, 2.24) is 0 Å². The first-order chi connectivity index (χ1) is 9.70. The van der Waals surface area contributed by atoms with E-state index in [1.165, 1.54) is 38.5 Å². The average molecular weight is 284 g/mol. The quantitative estimate of drug-likeness (QED) is 0.311. The van der Waals surface area contributed by atoms with E-state index in [0.717, 1.165) is 25.0 Å². The highest BCUT2D eigenvalue weighted by Crippen LogP contribution is 2.08. The molecule has 4 nitrogen and oxygen atoms in total. The van der Waals surface area contributed by atoms with E-state index in [1.807, 2.05) is 0 Å². The van der Waals surface area contributed by atoms with E-state index in [1.54, 1.807) is 6.92 Å². The van der Waals surface area contributed by atoms with Crippen molar-refractivity contribution in [2.75, 3.05) is 13.2 Å². The van der Waals surface area contributed by atoms with Crippen LogP contribution in [0.5, 0.6) is 0 Å². The number of esters is 2. The molecule has 0 radical (unpaired) electrons. The topological polar surface area (TPSA) is 52.6 Å². The second-order valence-corrected chi connectivity index (χ2v) is 4.73. The molecule has 20 heavy (non-hydrogen) atoms. The van der Waals surface area contributed by atoms with Crippen molar-refractivity contribution in [3.63, 3.8) is 0 Å². The van der Waals surface area contributed by atoms with Crippen molar-refractivity contribution in [3.8, 4) is 0 Å². The molecule has 0 aromatic heterocycles. The first-order valence-electron chi connectivity index (χ1n) is 7.72. The van der Waals surface area contributed by atoms with Crippen LogP contribution in [-0.2, 0) is 19.1 Å². The average Bonchev–Trinajstić information content (AvgIpc) is 2.43. The Bertz CT molecular complexity index is 284. The van der Waals surface area contributed by atoms with E-state index in [9.17, 15) is 9.59 Å². The molecular formula is C16H28O4. The van der Waals surface area contributed by atoms with Crippen LogP contribution >= 0.6 is 0 Å². The molecule has 0 fully saturated rings. The molecule has 0 aliphatic heterocycles. The lowest BCUT2D eigenvalue weighted by Gasteiger charge is -2.02. The number of ether oxygens (including phenoxy) is 2. The first-order valence-corrected chi connectivity index (χ1v) is 7.72. The second kappa shape index (κ2) is 14.1. The molecule has 0 heterocycles. The Morgan fingerprint density at radius 3 is 1.80 bits per heavy atom. The van der Waals surface area contributed by atoms with E-state index < -0.39 is 11.9 Å². The zero-order chi connectivity index (χ0) is 15.1. The number of hydrogen-bond donors (Lipinski definition) is 0. The van der Waals surface area contributed by atoms with Gasteiger partial charge in [0.1, 0.15) is 0 Å². The molecule has 0 aromatic rings. The number of carbonyl (C=O) groups excluding carboxylic acids is 2. The van der Waals surface area contributed by atoms with Gasteiger partial charge in [-0.15, -0.1) is 0 Å². The molecule has 0 aromatic carbocycles. The number of rotatable bonds is 12.